The fraction of sp³-hybridized carbons (Fsp3) is 0.214. The highest BCUT2D eigenvalue weighted by Crippen LogP contribution is 2.21. The molecule has 0 fully saturated rings. The van der Waals surface area contributed by atoms with Crippen molar-refractivity contribution in [3.8, 4) is 0 Å². The second kappa shape index (κ2) is 5.54. The Morgan fingerprint density at radius 1 is 1.10 bits per heavy atom. The minimum atomic E-state index is -3.62. The molecule has 2 aromatic rings. The largest absolute Gasteiger partial charge is 0.263 e. The summed E-state index contributed by atoms with van der Waals surface area (Å²) in [5.74, 6) is 0.311. The van der Waals surface area contributed by atoms with Crippen LogP contribution in [0.3, 0.4) is 0 Å². The summed E-state index contributed by atoms with van der Waals surface area (Å²) in [7, 11) is -3.62. The van der Waals surface area contributed by atoms with Gasteiger partial charge in [0.2, 0.25) is 0 Å². The molecule has 1 aromatic carbocycles. The molecule has 0 spiro atoms. The van der Waals surface area contributed by atoms with E-state index in [9.17, 15) is 8.42 Å². The second-order valence-corrected chi connectivity index (χ2v) is 7.14. The second-order valence-electron chi connectivity index (χ2n) is 4.64. The average Bonchev–Trinajstić information content (AvgIpc) is 2.33. The van der Waals surface area contributed by atoms with E-state index in [2.05, 4.69) is 25.6 Å². The van der Waals surface area contributed by atoms with E-state index < -0.39 is 10.0 Å². The van der Waals surface area contributed by atoms with Gasteiger partial charge in [-0.25, -0.2) is 13.4 Å². The van der Waals surface area contributed by atoms with E-state index in [1.165, 1.54) is 0 Å². The molecular weight excluding hydrogens is 340 g/mol. The summed E-state index contributed by atoms with van der Waals surface area (Å²) in [5.41, 5.74) is 2.47. The van der Waals surface area contributed by atoms with Crippen molar-refractivity contribution in [1.82, 2.24) is 4.98 Å². The summed E-state index contributed by atoms with van der Waals surface area (Å²) in [6.07, 6.45) is 0. The quantitative estimate of drug-likeness (QED) is 0.916. The average molecular weight is 355 g/mol. The summed E-state index contributed by atoms with van der Waals surface area (Å²) in [5, 5.41) is 0. The van der Waals surface area contributed by atoms with Crippen LogP contribution < -0.4 is 4.72 Å². The molecule has 1 heterocycles. The number of nitrogens with one attached hydrogen (secondary N) is 1. The number of anilines is 1. The van der Waals surface area contributed by atoms with Gasteiger partial charge in [-0.1, -0.05) is 17.7 Å². The zero-order valence-electron chi connectivity index (χ0n) is 11.4. The number of sulfonamides is 1. The summed E-state index contributed by atoms with van der Waals surface area (Å²) in [6, 6.07) is 8.62. The summed E-state index contributed by atoms with van der Waals surface area (Å²) in [4.78, 5) is 4.46. The van der Waals surface area contributed by atoms with E-state index >= 15 is 0 Å². The summed E-state index contributed by atoms with van der Waals surface area (Å²) < 4.78 is 28.1. The number of hydrogen-bond acceptors (Lipinski definition) is 3. The zero-order chi connectivity index (χ0) is 14.9. The fourth-order valence-electron chi connectivity index (χ4n) is 1.89. The van der Waals surface area contributed by atoms with Crippen molar-refractivity contribution in [2.24, 2.45) is 0 Å². The summed E-state index contributed by atoms with van der Waals surface area (Å²) in [6.45, 7) is 5.51. The molecule has 0 atom stereocenters. The van der Waals surface area contributed by atoms with E-state index in [0.29, 0.717) is 11.4 Å². The molecule has 6 heteroatoms. The zero-order valence-corrected chi connectivity index (χ0v) is 13.8. The lowest BCUT2D eigenvalue weighted by atomic mass is 10.2. The maximum Gasteiger partial charge on any atom is 0.263 e. The topological polar surface area (TPSA) is 59.1 Å². The van der Waals surface area contributed by atoms with Gasteiger partial charge in [0.1, 0.15) is 5.82 Å². The monoisotopic (exact) mass is 354 g/mol. The third kappa shape index (κ3) is 3.19. The van der Waals surface area contributed by atoms with Crippen LogP contribution in [0.25, 0.3) is 0 Å². The molecule has 0 amide bonds. The van der Waals surface area contributed by atoms with Gasteiger partial charge in [-0.2, -0.15) is 0 Å². The van der Waals surface area contributed by atoms with Gasteiger partial charge in [0, 0.05) is 4.47 Å². The number of hydrogen-bond donors (Lipinski definition) is 1. The van der Waals surface area contributed by atoms with Crippen LogP contribution in [0.1, 0.15) is 16.8 Å². The Balaban J connectivity index is 2.38. The van der Waals surface area contributed by atoms with Crippen molar-refractivity contribution in [2.75, 3.05) is 4.72 Å². The molecule has 0 aliphatic carbocycles. The van der Waals surface area contributed by atoms with Crippen molar-refractivity contribution in [3.63, 3.8) is 0 Å². The molecule has 1 aromatic heterocycles. The number of aromatic nitrogens is 1. The number of rotatable bonds is 3. The minimum absolute atomic E-state index is 0.269. The molecule has 0 bridgehead atoms. The lowest BCUT2D eigenvalue weighted by molar-refractivity contribution is 0.600. The van der Waals surface area contributed by atoms with Crippen LogP contribution in [0, 0.1) is 20.8 Å². The van der Waals surface area contributed by atoms with Gasteiger partial charge >= 0.3 is 0 Å². The van der Waals surface area contributed by atoms with Crippen LogP contribution in [0.4, 0.5) is 5.82 Å². The van der Waals surface area contributed by atoms with Crippen molar-refractivity contribution in [3.05, 3.63) is 51.6 Å². The normalized spacial score (nSPS) is 11.4. The van der Waals surface area contributed by atoms with Gasteiger partial charge in [-0.3, -0.25) is 4.72 Å². The molecule has 106 valence electrons. The first kappa shape index (κ1) is 15.0. The van der Waals surface area contributed by atoms with Crippen molar-refractivity contribution in [2.45, 2.75) is 25.7 Å². The highest BCUT2D eigenvalue weighted by Gasteiger charge is 2.17. The summed E-state index contributed by atoms with van der Waals surface area (Å²) >= 11 is 3.33. The Hall–Kier alpha value is -1.40. The molecule has 4 nitrogen and oxygen atoms in total. The highest BCUT2D eigenvalue weighted by atomic mass is 79.9. The van der Waals surface area contributed by atoms with E-state index in [1.54, 1.807) is 38.1 Å². The molecular formula is C14H15BrN2O2S. The van der Waals surface area contributed by atoms with Crippen molar-refractivity contribution >= 4 is 31.8 Å². The van der Waals surface area contributed by atoms with E-state index in [1.807, 2.05) is 13.0 Å². The van der Waals surface area contributed by atoms with Crippen LogP contribution in [-0.2, 0) is 10.0 Å². The number of pyridine rings is 1. The molecule has 2 rings (SSSR count). The van der Waals surface area contributed by atoms with Crippen molar-refractivity contribution < 1.29 is 8.42 Å². The molecule has 0 unspecified atom stereocenters. The molecule has 1 N–H and O–H groups in total. The van der Waals surface area contributed by atoms with Gasteiger partial charge in [0.15, 0.2) is 0 Å². The number of benzene rings is 1. The predicted molar refractivity (Wildman–Crippen MR) is 83.4 cm³/mol. The lowest BCUT2D eigenvalue weighted by Crippen LogP contribution is -2.15. The standard InChI is InChI=1S/C14H15BrN2O2S/c1-9-4-6-13(10(2)8-9)20(18,19)17-14-7-5-12(15)11(3)16-14/h4-8H,1-3H3,(H,16,17). The lowest BCUT2D eigenvalue weighted by Gasteiger charge is -2.11. The first-order valence-electron chi connectivity index (χ1n) is 6.03. The Bertz CT molecular complexity index is 758. The van der Waals surface area contributed by atoms with Crippen LogP contribution in [0.15, 0.2) is 39.7 Å². The maximum atomic E-state index is 12.4. The van der Waals surface area contributed by atoms with Crippen LogP contribution in [0.5, 0.6) is 0 Å². The van der Waals surface area contributed by atoms with Gasteiger partial charge in [0.05, 0.1) is 10.6 Å². The Morgan fingerprint density at radius 2 is 1.80 bits per heavy atom. The third-order valence-corrected chi connectivity index (χ3v) is 5.23. The smallest absolute Gasteiger partial charge is 0.263 e. The molecule has 0 saturated heterocycles. The van der Waals surface area contributed by atoms with Gasteiger partial charge in [0.25, 0.3) is 10.0 Å². The highest BCUT2D eigenvalue weighted by molar-refractivity contribution is 9.10. The maximum absolute atomic E-state index is 12.4. The first-order chi connectivity index (χ1) is 9.29. The number of aryl methyl sites for hydroxylation is 3. The molecule has 0 radical (unpaired) electrons. The Kier molecular flexibility index (Phi) is 4.15. The fourth-order valence-corrected chi connectivity index (χ4v) is 3.34. The predicted octanol–water partition coefficient (Wildman–Crippen LogP) is 3.57. The Morgan fingerprint density at radius 3 is 2.40 bits per heavy atom. The third-order valence-electron chi connectivity index (χ3n) is 2.88. The van der Waals surface area contributed by atoms with Gasteiger partial charge in [-0.05, 0) is 60.5 Å². The molecule has 0 saturated carbocycles. The SMILES string of the molecule is Cc1ccc(S(=O)(=O)Nc2ccc(Br)c(C)n2)c(C)c1. The number of halogens is 1. The van der Waals surface area contributed by atoms with E-state index in [4.69, 9.17) is 0 Å². The molecule has 0 aliphatic heterocycles. The van der Waals surface area contributed by atoms with Gasteiger partial charge in [-0.15, -0.1) is 0 Å². The molecule has 20 heavy (non-hydrogen) atoms. The Labute approximate surface area is 127 Å². The number of nitrogens with zero attached hydrogens (tertiary/aromatic N) is 1. The van der Waals surface area contributed by atoms with Crippen molar-refractivity contribution in [1.29, 1.82) is 0 Å². The molecule has 0 aliphatic rings. The van der Waals surface area contributed by atoms with Gasteiger partial charge < -0.3 is 0 Å². The van der Waals surface area contributed by atoms with Crippen LogP contribution in [0.2, 0.25) is 0 Å². The van der Waals surface area contributed by atoms with Crippen LogP contribution >= 0.6 is 15.9 Å². The first-order valence-corrected chi connectivity index (χ1v) is 8.30. The van der Waals surface area contributed by atoms with Crippen LogP contribution in [-0.4, -0.2) is 13.4 Å². The van der Waals surface area contributed by atoms with E-state index in [-0.39, 0.29) is 4.90 Å². The van der Waals surface area contributed by atoms with E-state index in [0.717, 1.165) is 15.7 Å². The minimum Gasteiger partial charge on any atom is -0.263 e.